The van der Waals surface area contributed by atoms with Crippen molar-refractivity contribution < 1.29 is 26.7 Å². The Bertz CT molecular complexity index is 1330. The van der Waals surface area contributed by atoms with Gasteiger partial charge in [0.25, 0.3) is 0 Å². The van der Waals surface area contributed by atoms with Crippen molar-refractivity contribution in [1.82, 2.24) is 0 Å². The highest BCUT2D eigenvalue weighted by molar-refractivity contribution is 7.92. The third kappa shape index (κ3) is 4.93. The van der Waals surface area contributed by atoms with Crippen LogP contribution in [-0.4, -0.2) is 57.3 Å². The standard InChI is InChI=1S/C26H27ClF2N2O4S/c1-16-13-30-23(31-16)15-36(32,33)11-8-22-19-14-35-25-21(29)7-6-20(28)24(25)26(19,9-10-34-22)12-17-2-4-18(27)5-3-17/h2-7,19,22H,8-15H2,1H3/t19-,22?,26-/m0/s1. The fraction of sp³-hybridized carbons (Fsp3) is 0.462. The van der Waals surface area contributed by atoms with Gasteiger partial charge in [-0.3, -0.25) is 4.99 Å². The van der Waals surface area contributed by atoms with Crippen LogP contribution >= 0.6 is 11.6 Å². The molecule has 0 saturated carbocycles. The minimum Gasteiger partial charge on any atom is -0.490 e. The molecule has 3 aliphatic heterocycles. The van der Waals surface area contributed by atoms with Crippen LogP contribution in [0, 0.1) is 17.6 Å². The van der Waals surface area contributed by atoms with Crippen LogP contribution in [0.25, 0.3) is 0 Å². The van der Waals surface area contributed by atoms with Gasteiger partial charge in [-0.25, -0.2) is 22.2 Å². The van der Waals surface area contributed by atoms with Gasteiger partial charge < -0.3 is 9.47 Å². The van der Waals surface area contributed by atoms with E-state index in [-0.39, 0.29) is 41.8 Å². The molecule has 3 aliphatic rings. The average Bonchev–Trinajstić information content (AvgIpc) is 3.24. The summed E-state index contributed by atoms with van der Waals surface area (Å²) in [5.74, 6) is -1.62. The number of amidine groups is 1. The van der Waals surface area contributed by atoms with Crippen LogP contribution in [-0.2, 0) is 26.4 Å². The first-order chi connectivity index (χ1) is 17.2. The molecule has 0 aliphatic carbocycles. The number of rotatable bonds is 7. The van der Waals surface area contributed by atoms with Gasteiger partial charge in [-0.2, -0.15) is 0 Å². The third-order valence-corrected chi connectivity index (χ3v) is 9.12. The number of sulfone groups is 1. The lowest BCUT2D eigenvalue weighted by Gasteiger charge is -2.51. The topological polar surface area (TPSA) is 77.3 Å². The number of aliphatic imine (C=N–C) groups is 2. The molecule has 0 N–H and O–H groups in total. The van der Waals surface area contributed by atoms with E-state index in [1.165, 1.54) is 0 Å². The van der Waals surface area contributed by atoms with Crippen LogP contribution in [0.5, 0.6) is 5.75 Å². The molecule has 2 aromatic rings. The first-order valence-electron chi connectivity index (χ1n) is 11.9. The molecule has 3 atom stereocenters. The van der Waals surface area contributed by atoms with Crippen LogP contribution < -0.4 is 4.74 Å². The smallest absolute Gasteiger partial charge is 0.165 e. The fourth-order valence-corrected chi connectivity index (χ4v) is 7.05. The van der Waals surface area contributed by atoms with Crippen molar-refractivity contribution in [3.63, 3.8) is 0 Å². The summed E-state index contributed by atoms with van der Waals surface area (Å²) in [4.78, 5) is 8.36. The van der Waals surface area contributed by atoms with Gasteiger partial charge in [0, 0.05) is 34.2 Å². The van der Waals surface area contributed by atoms with Crippen molar-refractivity contribution in [1.29, 1.82) is 0 Å². The molecule has 2 aromatic carbocycles. The number of hydrogen-bond donors (Lipinski definition) is 0. The molecule has 1 unspecified atom stereocenters. The summed E-state index contributed by atoms with van der Waals surface area (Å²) in [7, 11) is -3.49. The maximum atomic E-state index is 15.4. The van der Waals surface area contributed by atoms with Crippen LogP contribution in [0.2, 0.25) is 5.02 Å². The molecular weight excluding hydrogens is 510 g/mol. The maximum Gasteiger partial charge on any atom is 0.165 e. The molecule has 0 spiro atoms. The summed E-state index contributed by atoms with van der Waals surface area (Å²) in [6.07, 6.45) is 0.571. The van der Waals surface area contributed by atoms with Gasteiger partial charge in [0.05, 0.1) is 25.0 Å². The Kier molecular flexibility index (Phi) is 6.91. The molecular formula is C26H27ClF2N2O4S. The zero-order valence-corrected chi connectivity index (χ0v) is 21.4. The summed E-state index contributed by atoms with van der Waals surface area (Å²) >= 11 is 6.07. The monoisotopic (exact) mass is 536 g/mol. The highest BCUT2D eigenvalue weighted by Gasteiger charge is 2.53. The van der Waals surface area contributed by atoms with Gasteiger partial charge in [-0.15, -0.1) is 0 Å². The van der Waals surface area contributed by atoms with Crippen LogP contribution in [0.15, 0.2) is 46.4 Å². The van der Waals surface area contributed by atoms with E-state index in [0.717, 1.165) is 23.4 Å². The molecule has 3 heterocycles. The fourth-order valence-electron chi connectivity index (χ4n) is 5.64. The number of hydrogen-bond acceptors (Lipinski definition) is 6. The molecule has 1 fully saturated rings. The van der Waals surface area contributed by atoms with E-state index in [0.29, 0.717) is 36.9 Å². The van der Waals surface area contributed by atoms with Gasteiger partial charge in [0.2, 0.25) is 0 Å². The molecule has 0 bridgehead atoms. The molecule has 192 valence electrons. The number of fused-ring (bicyclic) bond motifs is 3. The first kappa shape index (κ1) is 25.3. The van der Waals surface area contributed by atoms with Crippen LogP contribution in [0.1, 0.15) is 30.9 Å². The van der Waals surface area contributed by atoms with Gasteiger partial charge in [0.1, 0.15) is 17.4 Å². The summed E-state index contributed by atoms with van der Waals surface area (Å²) in [6, 6.07) is 9.49. The quantitative estimate of drug-likeness (QED) is 0.519. The lowest BCUT2D eigenvalue weighted by atomic mass is 9.60. The van der Waals surface area contributed by atoms with E-state index in [1.807, 2.05) is 19.1 Å². The Morgan fingerprint density at radius 2 is 1.89 bits per heavy atom. The number of benzene rings is 2. The molecule has 36 heavy (non-hydrogen) atoms. The van der Waals surface area contributed by atoms with Crippen molar-refractivity contribution >= 4 is 33.0 Å². The maximum absolute atomic E-state index is 15.4. The Balaban J connectivity index is 1.45. The van der Waals surface area contributed by atoms with Gasteiger partial charge >= 0.3 is 0 Å². The highest BCUT2D eigenvalue weighted by Crippen LogP contribution is 2.52. The largest absolute Gasteiger partial charge is 0.490 e. The molecule has 5 rings (SSSR count). The van der Waals surface area contributed by atoms with E-state index < -0.39 is 33.0 Å². The van der Waals surface area contributed by atoms with Crippen LogP contribution in [0.4, 0.5) is 8.78 Å². The molecule has 6 nitrogen and oxygen atoms in total. The molecule has 10 heteroatoms. The second kappa shape index (κ2) is 9.84. The van der Waals surface area contributed by atoms with Crippen molar-refractivity contribution in [2.45, 2.75) is 37.7 Å². The zero-order valence-electron chi connectivity index (χ0n) is 19.8. The van der Waals surface area contributed by atoms with E-state index >= 15 is 4.39 Å². The van der Waals surface area contributed by atoms with Crippen molar-refractivity contribution in [3.8, 4) is 5.75 Å². The summed E-state index contributed by atoms with van der Waals surface area (Å²) in [5, 5.41) is 0.582. The Hall–Kier alpha value is -2.36. The molecule has 0 amide bonds. The normalized spacial score (nSPS) is 25.4. The molecule has 1 saturated heterocycles. The third-order valence-electron chi connectivity index (χ3n) is 7.31. The number of nitrogens with zero attached hydrogens (tertiary/aromatic N) is 2. The van der Waals surface area contributed by atoms with Crippen molar-refractivity contribution in [3.05, 3.63) is 64.2 Å². The zero-order chi connectivity index (χ0) is 25.5. The number of ether oxygens (including phenoxy) is 2. The van der Waals surface area contributed by atoms with Crippen molar-refractivity contribution in [2.24, 2.45) is 15.9 Å². The predicted molar refractivity (Wildman–Crippen MR) is 135 cm³/mol. The van der Waals surface area contributed by atoms with E-state index in [1.54, 1.807) is 12.1 Å². The van der Waals surface area contributed by atoms with E-state index in [9.17, 15) is 12.8 Å². The van der Waals surface area contributed by atoms with Gasteiger partial charge in [-0.1, -0.05) is 23.7 Å². The SMILES string of the molecule is CC1=NC(CS(=O)(=O)CCC2OCC[C@@]3(Cc4ccc(Cl)cc4)c4c(F)ccc(F)c4OC[C@@H]23)=NC1. The van der Waals surface area contributed by atoms with Gasteiger partial charge in [-0.05, 0) is 56.0 Å². The van der Waals surface area contributed by atoms with E-state index in [4.69, 9.17) is 21.1 Å². The second-order valence-corrected chi connectivity index (χ2v) is 12.4. The van der Waals surface area contributed by atoms with E-state index in [2.05, 4.69) is 9.98 Å². The average molecular weight is 537 g/mol. The second-order valence-electron chi connectivity index (χ2n) is 9.73. The summed E-state index contributed by atoms with van der Waals surface area (Å²) in [5.41, 5.74) is 1.09. The lowest BCUT2D eigenvalue weighted by molar-refractivity contribution is -0.0963. The Morgan fingerprint density at radius 3 is 2.61 bits per heavy atom. The lowest BCUT2D eigenvalue weighted by Crippen LogP contribution is -2.55. The Morgan fingerprint density at radius 1 is 1.14 bits per heavy atom. The highest BCUT2D eigenvalue weighted by atomic mass is 35.5. The van der Waals surface area contributed by atoms with Crippen molar-refractivity contribution in [2.75, 3.05) is 31.3 Å². The summed E-state index contributed by atoms with van der Waals surface area (Å²) < 4.78 is 67.6. The molecule has 0 radical (unpaired) electrons. The number of halogens is 3. The van der Waals surface area contributed by atoms with Crippen LogP contribution in [0.3, 0.4) is 0 Å². The summed E-state index contributed by atoms with van der Waals surface area (Å²) in [6.45, 7) is 2.62. The molecule has 0 aromatic heterocycles. The Labute approximate surface area is 214 Å². The first-order valence-corrected chi connectivity index (χ1v) is 14.1. The predicted octanol–water partition coefficient (Wildman–Crippen LogP) is 4.57. The minimum absolute atomic E-state index is 0.0686. The minimum atomic E-state index is -3.49. The van der Waals surface area contributed by atoms with Gasteiger partial charge in [0.15, 0.2) is 21.4 Å².